The van der Waals surface area contributed by atoms with Crippen molar-refractivity contribution in [3.05, 3.63) is 40.7 Å². The van der Waals surface area contributed by atoms with E-state index in [2.05, 4.69) is 4.98 Å². The van der Waals surface area contributed by atoms with Crippen LogP contribution in [0.4, 0.5) is 0 Å². The number of aromatic nitrogens is 1. The summed E-state index contributed by atoms with van der Waals surface area (Å²) in [6, 6.07) is 6.46. The molecule has 142 valence electrons. The highest BCUT2D eigenvalue weighted by atomic mass is 16.5. The molecule has 0 fully saturated rings. The van der Waals surface area contributed by atoms with Crippen molar-refractivity contribution in [3.63, 3.8) is 0 Å². The van der Waals surface area contributed by atoms with Gasteiger partial charge in [-0.25, -0.2) is 0 Å². The Morgan fingerprint density at radius 3 is 2.29 bits per heavy atom. The quantitative estimate of drug-likeness (QED) is 0.504. The minimum atomic E-state index is -0.562. The van der Waals surface area contributed by atoms with Crippen LogP contribution in [-0.2, 0) is 4.79 Å². The lowest BCUT2D eigenvalue weighted by Gasteiger charge is -2.17. The van der Waals surface area contributed by atoms with Crippen LogP contribution in [0.25, 0.3) is 33.2 Å². The highest BCUT2D eigenvalue weighted by Gasteiger charge is 2.31. The Bertz CT molecular complexity index is 1200. The average Bonchev–Trinajstić information content (AvgIpc) is 2.89. The molecule has 1 aliphatic rings. The second kappa shape index (κ2) is 6.53. The number of hydrogen-bond acceptors (Lipinski definition) is 7. The van der Waals surface area contributed by atoms with Gasteiger partial charge in [-0.2, -0.15) is 0 Å². The van der Waals surface area contributed by atoms with Crippen LogP contribution in [-0.4, -0.2) is 32.3 Å². The van der Waals surface area contributed by atoms with Gasteiger partial charge in [-0.15, -0.1) is 0 Å². The number of methoxy groups -OCH3 is 3. The maximum absolute atomic E-state index is 12.6. The van der Waals surface area contributed by atoms with Gasteiger partial charge in [0.05, 0.1) is 27.0 Å². The molecule has 0 radical (unpaired) electrons. The van der Waals surface area contributed by atoms with Gasteiger partial charge in [0, 0.05) is 35.0 Å². The molecule has 0 bridgehead atoms. The lowest BCUT2D eigenvalue weighted by atomic mass is 10.0. The van der Waals surface area contributed by atoms with Crippen molar-refractivity contribution >= 4 is 16.7 Å². The number of rotatable bonds is 4. The maximum atomic E-state index is 12.6. The van der Waals surface area contributed by atoms with Gasteiger partial charge in [-0.3, -0.25) is 14.6 Å². The molecule has 1 aromatic heterocycles. The van der Waals surface area contributed by atoms with E-state index in [0.717, 1.165) is 21.9 Å². The van der Waals surface area contributed by atoms with Gasteiger partial charge in [0.25, 0.3) is 0 Å². The SMILES string of the molecule is COc1c(OC)c2c3c(nccc3c1OC)-c1cc(=O)c(OC(C)=O)ccc1-2. The lowest BCUT2D eigenvalue weighted by Crippen LogP contribution is -2.09. The number of pyridine rings is 1. The number of nitrogens with zero attached hydrogens (tertiary/aromatic N) is 1. The summed E-state index contributed by atoms with van der Waals surface area (Å²) < 4.78 is 21.8. The van der Waals surface area contributed by atoms with E-state index < -0.39 is 11.4 Å². The van der Waals surface area contributed by atoms with Crippen molar-refractivity contribution in [2.75, 3.05) is 21.3 Å². The van der Waals surface area contributed by atoms with E-state index in [1.165, 1.54) is 26.2 Å². The van der Waals surface area contributed by atoms with E-state index in [-0.39, 0.29) is 5.75 Å². The average molecular weight is 379 g/mol. The summed E-state index contributed by atoms with van der Waals surface area (Å²) in [6.45, 7) is 1.25. The fourth-order valence-corrected chi connectivity index (χ4v) is 3.66. The summed E-state index contributed by atoms with van der Waals surface area (Å²) in [4.78, 5) is 28.4. The second-order valence-corrected chi connectivity index (χ2v) is 6.18. The molecule has 28 heavy (non-hydrogen) atoms. The van der Waals surface area contributed by atoms with Gasteiger partial charge >= 0.3 is 5.97 Å². The van der Waals surface area contributed by atoms with Crippen LogP contribution in [0.15, 0.2) is 35.3 Å². The van der Waals surface area contributed by atoms with Gasteiger partial charge < -0.3 is 18.9 Å². The van der Waals surface area contributed by atoms with Crippen LogP contribution in [0.5, 0.6) is 23.0 Å². The fraction of sp³-hybridized carbons (Fsp3) is 0.190. The molecular weight excluding hydrogens is 362 g/mol. The molecule has 1 aliphatic carbocycles. The van der Waals surface area contributed by atoms with Gasteiger partial charge in [0.15, 0.2) is 17.2 Å². The Morgan fingerprint density at radius 2 is 1.64 bits per heavy atom. The maximum Gasteiger partial charge on any atom is 0.308 e. The minimum Gasteiger partial charge on any atom is -0.492 e. The predicted molar refractivity (Wildman–Crippen MR) is 103 cm³/mol. The van der Waals surface area contributed by atoms with E-state index in [1.54, 1.807) is 26.5 Å². The second-order valence-electron chi connectivity index (χ2n) is 6.18. The fourth-order valence-electron chi connectivity index (χ4n) is 3.66. The van der Waals surface area contributed by atoms with Crippen LogP contribution in [0.3, 0.4) is 0 Å². The van der Waals surface area contributed by atoms with Crippen molar-refractivity contribution < 1.29 is 23.7 Å². The summed E-state index contributed by atoms with van der Waals surface area (Å²) in [5, 5.41) is 1.61. The molecule has 0 saturated heterocycles. The van der Waals surface area contributed by atoms with E-state index in [9.17, 15) is 9.59 Å². The largest absolute Gasteiger partial charge is 0.492 e. The van der Waals surface area contributed by atoms with E-state index in [0.29, 0.717) is 28.5 Å². The van der Waals surface area contributed by atoms with Crippen molar-refractivity contribution in [2.45, 2.75) is 6.92 Å². The number of esters is 1. The zero-order chi connectivity index (χ0) is 20.0. The normalized spacial score (nSPS) is 11.1. The number of benzene rings is 1. The first-order valence-electron chi connectivity index (χ1n) is 8.50. The third-order valence-electron chi connectivity index (χ3n) is 4.69. The van der Waals surface area contributed by atoms with Crippen LogP contribution >= 0.6 is 0 Å². The van der Waals surface area contributed by atoms with Gasteiger partial charge in [0.1, 0.15) is 0 Å². The molecule has 0 aliphatic heterocycles. The summed E-state index contributed by atoms with van der Waals surface area (Å²) in [5.74, 6) is 0.851. The number of fused-ring (bicyclic) bond motifs is 3. The topological polar surface area (TPSA) is 83.9 Å². The van der Waals surface area contributed by atoms with Gasteiger partial charge in [0.2, 0.25) is 11.2 Å². The Kier molecular flexibility index (Phi) is 4.15. The third-order valence-corrected chi connectivity index (χ3v) is 4.69. The molecule has 0 atom stereocenters. The Balaban J connectivity index is 2.16. The van der Waals surface area contributed by atoms with Crippen molar-refractivity contribution in [3.8, 4) is 45.4 Å². The molecule has 3 aromatic rings. The van der Waals surface area contributed by atoms with Crippen LogP contribution < -0.4 is 24.4 Å². The molecule has 0 amide bonds. The van der Waals surface area contributed by atoms with E-state index in [1.807, 2.05) is 6.07 Å². The molecule has 7 nitrogen and oxygen atoms in total. The number of ether oxygens (including phenoxy) is 4. The smallest absolute Gasteiger partial charge is 0.308 e. The first-order chi connectivity index (χ1) is 13.5. The predicted octanol–water partition coefficient (Wildman–Crippen LogP) is 3.19. The monoisotopic (exact) mass is 379 g/mol. The molecule has 0 spiro atoms. The summed E-state index contributed by atoms with van der Waals surface area (Å²) >= 11 is 0. The van der Waals surface area contributed by atoms with Crippen molar-refractivity contribution in [1.82, 2.24) is 4.98 Å². The molecule has 0 unspecified atom stereocenters. The van der Waals surface area contributed by atoms with Gasteiger partial charge in [-0.05, 0) is 29.8 Å². The summed E-state index contributed by atoms with van der Waals surface area (Å²) in [5.41, 5.74) is 2.31. The van der Waals surface area contributed by atoms with Crippen LogP contribution in [0, 0.1) is 0 Å². The summed E-state index contributed by atoms with van der Waals surface area (Å²) in [7, 11) is 4.64. The van der Waals surface area contributed by atoms with Crippen molar-refractivity contribution in [2.24, 2.45) is 0 Å². The van der Waals surface area contributed by atoms with E-state index in [4.69, 9.17) is 18.9 Å². The van der Waals surface area contributed by atoms with E-state index >= 15 is 0 Å². The lowest BCUT2D eigenvalue weighted by molar-refractivity contribution is -0.131. The first kappa shape index (κ1) is 17.8. The molecular formula is C21H17NO6. The Hall–Kier alpha value is -3.61. The standard InChI is InChI=1S/C21H17NO6/c1-10(23)28-15-6-5-11-13(9-14(15)24)18-16-12(7-8-22-18)19(25-2)21(27-4)20(26-3)17(11)16/h5-9H,1-4H3. The molecule has 7 heteroatoms. The Labute approximate surface area is 160 Å². The highest BCUT2D eigenvalue weighted by molar-refractivity contribution is 6.18. The molecule has 4 rings (SSSR count). The minimum absolute atomic E-state index is 0.0462. The van der Waals surface area contributed by atoms with Crippen LogP contribution in [0.1, 0.15) is 6.92 Å². The molecule has 0 saturated carbocycles. The number of carbonyl (C=O) groups excluding carboxylic acids is 1. The summed E-state index contributed by atoms with van der Waals surface area (Å²) in [6.07, 6.45) is 1.65. The molecule has 2 aromatic carbocycles. The van der Waals surface area contributed by atoms with Crippen LogP contribution in [0.2, 0.25) is 0 Å². The highest BCUT2D eigenvalue weighted by Crippen LogP contribution is 2.57. The molecule has 0 N–H and O–H groups in total. The third kappa shape index (κ3) is 2.40. The van der Waals surface area contributed by atoms with Crippen molar-refractivity contribution in [1.29, 1.82) is 0 Å². The Morgan fingerprint density at radius 1 is 0.929 bits per heavy atom. The first-order valence-corrected chi connectivity index (χ1v) is 8.50. The number of carbonyl (C=O) groups is 1. The zero-order valence-electron chi connectivity index (χ0n) is 15.8. The zero-order valence-corrected chi connectivity index (χ0v) is 15.8. The molecule has 1 heterocycles. The number of hydrogen-bond donors (Lipinski definition) is 0. The van der Waals surface area contributed by atoms with Gasteiger partial charge in [-0.1, -0.05) is 0 Å².